The predicted octanol–water partition coefficient (Wildman–Crippen LogP) is 5.73. The van der Waals surface area contributed by atoms with Gasteiger partial charge in [-0.15, -0.1) is 0 Å². The zero-order valence-corrected chi connectivity index (χ0v) is 18.5. The van der Waals surface area contributed by atoms with Gasteiger partial charge in [-0.1, -0.05) is 0 Å². The van der Waals surface area contributed by atoms with Crippen LogP contribution < -0.4 is 3.71 Å². The van der Waals surface area contributed by atoms with Crippen molar-refractivity contribution in [1.29, 1.82) is 0 Å². The first-order valence-corrected chi connectivity index (χ1v) is 17.1. The van der Waals surface area contributed by atoms with E-state index in [0.29, 0.717) is 12.1 Å². The van der Waals surface area contributed by atoms with Gasteiger partial charge >= 0.3 is 147 Å². The van der Waals surface area contributed by atoms with E-state index in [1.54, 1.807) is 0 Å². The molecule has 0 aliphatic heterocycles. The average molecular weight is 424 g/mol. The number of rotatable bonds is 12. The fourth-order valence-electron chi connectivity index (χ4n) is 3.37. The third-order valence-electron chi connectivity index (χ3n) is 4.93. The fourth-order valence-corrected chi connectivity index (χ4v) is 18.8. The molecule has 0 fully saturated rings. The van der Waals surface area contributed by atoms with Crippen molar-refractivity contribution >= 4 is 27.9 Å². The number of carbonyl (C=O) groups is 1. The molecule has 1 aromatic rings. The van der Waals surface area contributed by atoms with E-state index in [1.165, 1.54) is 55.5 Å². The number of pyridine rings is 1. The summed E-state index contributed by atoms with van der Waals surface area (Å²) in [5.74, 6) is 0.188. The summed E-state index contributed by atoms with van der Waals surface area (Å²) in [7, 11) is 0. The van der Waals surface area contributed by atoms with Crippen LogP contribution in [0.5, 0.6) is 0 Å². The van der Waals surface area contributed by atoms with Gasteiger partial charge in [0.1, 0.15) is 0 Å². The SMILES string of the molecule is CCC[CH2][Sn]([CH2]CCC)([CH2]CCC)[c]1cccc(C(=O)CC)n1. The Balaban J connectivity index is 3.20. The fraction of sp³-hybridized carbons (Fsp3) is 0.700. The van der Waals surface area contributed by atoms with Crippen LogP contribution in [0.15, 0.2) is 18.2 Å². The first-order chi connectivity index (χ1) is 11.1. The van der Waals surface area contributed by atoms with Gasteiger partial charge in [-0.05, 0) is 0 Å². The van der Waals surface area contributed by atoms with E-state index in [2.05, 4.69) is 32.9 Å². The summed E-state index contributed by atoms with van der Waals surface area (Å²) in [6.07, 6.45) is 8.35. The van der Waals surface area contributed by atoms with E-state index < -0.39 is 18.4 Å². The number of unbranched alkanes of at least 4 members (excludes halogenated alkanes) is 3. The van der Waals surface area contributed by atoms with Gasteiger partial charge in [0.2, 0.25) is 0 Å². The first-order valence-electron chi connectivity index (χ1n) is 9.64. The minimum atomic E-state index is -2.48. The molecular formula is C20H35NOSn. The number of hydrogen-bond acceptors (Lipinski definition) is 2. The second-order valence-corrected chi connectivity index (χ2v) is 19.8. The number of aromatic nitrogens is 1. The summed E-state index contributed by atoms with van der Waals surface area (Å²) in [6, 6.07) is 6.25. The molecule has 0 radical (unpaired) electrons. The maximum absolute atomic E-state index is 12.1. The molecule has 0 aliphatic carbocycles. The van der Waals surface area contributed by atoms with Crippen LogP contribution in [-0.2, 0) is 0 Å². The molecule has 1 aromatic heterocycles. The molecular weight excluding hydrogens is 389 g/mol. The van der Waals surface area contributed by atoms with Crippen LogP contribution in [0.3, 0.4) is 0 Å². The van der Waals surface area contributed by atoms with E-state index in [1.807, 2.05) is 13.0 Å². The molecule has 0 bridgehead atoms. The van der Waals surface area contributed by atoms with Crippen molar-refractivity contribution < 1.29 is 4.79 Å². The quantitative estimate of drug-likeness (QED) is 0.317. The second-order valence-electron chi connectivity index (χ2n) is 6.78. The third kappa shape index (κ3) is 6.21. The summed E-state index contributed by atoms with van der Waals surface area (Å²) in [6.45, 7) is 8.81. The van der Waals surface area contributed by atoms with Gasteiger partial charge in [0.25, 0.3) is 0 Å². The summed E-state index contributed by atoms with van der Waals surface area (Å²) in [4.78, 5) is 17.0. The Morgan fingerprint density at radius 3 is 1.87 bits per heavy atom. The van der Waals surface area contributed by atoms with Crippen LogP contribution >= 0.6 is 0 Å². The Morgan fingerprint density at radius 1 is 0.913 bits per heavy atom. The van der Waals surface area contributed by atoms with Crippen LogP contribution in [0, 0.1) is 0 Å². The Bertz CT molecular complexity index is 451. The van der Waals surface area contributed by atoms with Crippen molar-refractivity contribution in [3.63, 3.8) is 0 Å². The van der Waals surface area contributed by atoms with Crippen molar-refractivity contribution in [3.8, 4) is 0 Å². The molecule has 1 heterocycles. The Hall–Kier alpha value is -0.381. The Morgan fingerprint density at radius 2 is 1.43 bits per heavy atom. The van der Waals surface area contributed by atoms with Crippen LogP contribution in [0.4, 0.5) is 0 Å². The Labute approximate surface area is 147 Å². The molecule has 130 valence electrons. The topological polar surface area (TPSA) is 30.0 Å². The van der Waals surface area contributed by atoms with E-state index in [-0.39, 0.29) is 5.78 Å². The molecule has 0 spiro atoms. The zero-order chi connectivity index (χ0) is 17.1. The van der Waals surface area contributed by atoms with Crippen molar-refractivity contribution in [2.75, 3.05) is 0 Å². The monoisotopic (exact) mass is 425 g/mol. The van der Waals surface area contributed by atoms with Gasteiger partial charge in [-0.2, -0.15) is 0 Å². The number of ketones is 1. The van der Waals surface area contributed by atoms with Gasteiger partial charge in [0.15, 0.2) is 0 Å². The van der Waals surface area contributed by atoms with Gasteiger partial charge in [0, 0.05) is 0 Å². The van der Waals surface area contributed by atoms with Gasteiger partial charge in [0.05, 0.1) is 0 Å². The zero-order valence-electron chi connectivity index (χ0n) is 15.7. The molecule has 3 heteroatoms. The molecule has 0 amide bonds. The molecule has 2 nitrogen and oxygen atoms in total. The van der Waals surface area contributed by atoms with Crippen LogP contribution in [-0.4, -0.2) is 29.1 Å². The average Bonchev–Trinajstić information content (AvgIpc) is 2.61. The van der Waals surface area contributed by atoms with Crippen molar-refractivity contribution in [2.45, 2.75) is 86.0 Å². The second kappa shape index (κ2) is 11.2. The van der Waals surface area contributed by atoms with Crippen LogP contribution in [0.25, 0.3) is 0 Å². The third-order valence-corrected chi connectivity index (χ3v) is 20.0. The molecule has 0 unspecified atom stereocenters. The normalized spacial score (nSPS) is 11.7. The molecule has 23 heavy (non-hydrogen) atoms. The molecule has 0 N–H and O–H groups in total. The minimum absolute atomic E-state index is 0.188. The molecule has 0 aliphatic rings. The Kier molecular flexibility index (Phi) is 10.1. The number of hydrogen-bond donors (Lipinski definition) is 0. The van der Waals surface area contributed by atoms with E-state index in [0.717, 1.165) is 0 Å². The molecule has 0 saturated heterocycles. The van der Waals surface area contributed by atoms with Crippen LogP contribution in [0.1, 0.15) is 83.1 Å². The summed E-state index contributed by atoms with van der Waals surface area (Å²) in [5.41, 5.74) is 0.704. The predicted molar refractivity (Wildman–Crippen MR) is 103 cm³/mol. The van der Waals surface area contributed by atoms with Crippen molar-refractivity contribution in [3.05, 3.63) is 23.9 Å². The number of Topliss-reactive ketones (excluding diaryl/α,β-unsaturated/α-hetero) is 1. The van der Waals surface area contributed by atoms with E-state index >= 15 is 0 Å². The number of nitrogens with zero attached hydrogens (tertiary/aromatic N) is 1. The molecule has 0 saturated carbocycles. The number of carbonyl (C=O) groups excluding carboxylic acids is 1. The summed E-state index contributed by atoms with van der Waals surface area (Å²) in [5, 5.41) is 0. The van der Waals surface area contributed by atoms with E-state index in [9.17, 15) is 4.79 Å². The van der Waals surface area contributed by atoms with Gasteiger partial charge in [-0.25, -0.2) is 0 Å². The van der Waals surface area contributed by atoms with E-state index in [4.69, 9.17) is 4.98 Å². The summed E-state index contributed by atoms with van der Waals surface area (Å²) < 4.78 is 5.58. The summed E-state index contributed by atoms with van der Waals surface area (Å²) >= 11 is -2.48. The van der Waals surface area contributed by atoms with Crippen molar-refractivity contribution in [2.24, 2.45) is 0 Å². The van der Waals surface area contributed by atoms with Gasteiger partial charge < -0.3 is 0 Å². The maximum atomic E-state index is 12.1. The standard InChI is InChI=1S/C8H8NO.3C4H9.Sn/c1-2-8(10)7-5-3-4-6-9-7;3*1-3-4-2;/h3-5H,2H2,1H3;3*1,3-4H2,2H3;. The molecule has 0 aromatic carbocycles. The first kappa shape index (κ1) is 20.7. The van der Waals surface area contributed by atoms with Crippen LogP contribution in [0.2, 0.25) is 13.3 Å². The molecule has 1 rings (SSSR count). The molecule has 0 atom stereocenters. The van der Waals surface area contributed by atoms with Crippen molar-refractivity contribution in [1.82, 2.24) is 4.98 Å². The van der Waals surface area contributed by atoms with Gasteiger partial charge in [-0.3, -0.25) is 0 Å².